The summed E-state index contributed by atoms with van der Waals surface area (Å²) in [5.41, 5.74) is -14.4. The highest BCUT2D eigenvalue weighted by Crippen LogP contribution is 2.42. The standard InChI is InChI=1S/C11H11F6NO4S2/c1-9(2,3)8-7(24(21,22)11(15,16)17)6(4-5-18-8)23(19,20)10(12,13)14/h4-5H,1-3H3. The van der Waals surface area contributed by atoms with Crippen LogP contribution in [-0.4, -0.2) is 32.8 Å². The molecule has 24 heavy (non-hydrogen) atoms. The van der Waals surface area contributed by atoms with E-state index in [9.17, 15) is 43.2 Å². The Morgan fingerprint density at radius 2 is 1.25 bits per heavy atom. The third-order valence-corrected chi connectivity index (χ3v) is 5.96. The zero-order valence-corrected chi connectivity index (χ0v) is 14.0. The van der Waals surface area contributed by atoms with Gasteiger partial charge in [0.15, 0.2) is 0 Å². The van der Waals surface area contributed by atoms with Crippen LogP contribution in [0.4, 0.5) is 26.3 Å². The van der Waals surface area contributed by atoms with Crippen LogP contribution in [0.15, 0.2) is 22.1 Å². The number of sulfone groups is 2. The Labute approximate surface area is 133 Å². The fraction of sp³-hybridized carbons (Fsp3) is 0.545. The highest BCUT2D eigenvalue weighted by molar-refractivity contribution is 7.95. The van der Waals surface area contributed by atoms with Gasteiger partial charge in [-0.05, 0) is 6.07 Å². The second kappa shape index (κ2) is 5.58. The van der Waals surface area contributed by atoms with E-state index in [0.29, 0.717) is 6.20 Å². The van der Waals surface area contributed by atoms with Gasteiger partial charge in [-0.3, -0.25) is 4.98 Å². The summed E-state index contributed by atoms with van der Waals surface area (Å²) in [4.78, 5) is -0.644. The third kappa shape index (κ3) is 3.36. The number of hydrogen-bond donors (Lipinski definition) is 0. The molecule has 0 saturated carbocycles. The molecule has 1 aromatic rings. The summed E-state index contributed by atoms with van der Waals surface area (Å²) in [6.45, 7) is 3.53. The number of rotatable bonds is 2. The molecule has 1 aromatic heterocycles. The first-order valence-electron chi connectivity index (χ1n) is 5.97. The second-order valence-corrected chi connectivity index (χ2v) is 9.42. The summed E-state index contributed by atoms with van der Waals surface area (Å²) < 4.78 is 123. The Kier molecular flexibility index (Phi) is 4.80. The molecular formula is C11H11F6NO4S2. The maximum Gasteiger partial charge on any atom is 0.502 e. The molecule has 0 bridgehead atoms. The molecule has 0 amide bonds. The molecular weight excluding hydrogens is 388 g/mol. The van der Waals surface area contributed by atoms with Crippen LogP contribution in [0.1, 0.15) is 26.5 Å². The van der Waals surface area contributed by atoms with Crippen molar-refractivity contribution in [3.05, 3.63) is 18.0 Å². The largest absolute Gasteiger partial charge is 0.502 e. The van der Waals surface area contributed by atoms with Crippen molar-refractivity contribution in [3.8, 4) is 0 Å². The van der Waals surface area contributed by atoms with Crippen LogP contribution in [0.5, 0.6) is 0 Å². The van der Waals surface area contributed by atoms with Gasteiger partial charge >= 0.3 is 11.0 Å². The Morgan fingerprint density at radius 3 is 1.58 bits per heavy atom. The molecule has 0 aromatic carbocycles. The number of pyridine rings is 1. The normalized spacial score (nSPS) is 14.7. The molecule has 0 aliphatic rings. The van der Waals surface area contributed by atoms with Crippen LogP contribution >= 0.6 is 0 Å². The van der Waals surface area contributed by atoms with Gasteiger partial charge in [-0.1, -0.05) is 20.8 Å². The van der Waals surface area contributed by atoms with E-state index in [1.807, 2.05) is 0 Å². The van der Waals surface area contributed by atoms with Crippen molar-refractivity contribution in [1.82, 2.24) is 4.98 Å². The van der Waals surface area contributed by atoms with E-state index < -0.39 is 51.6 Å². The number of nitrogens with zero attached hydrogens (tertiary/aromatic N) is 1. The van der Waals surface area contributed by atoms with Crippen LogP contribution in [0.25, 0.3) is 0 Å². The summed E-state index contributed by atoms with van der Waals surface area (Å²) in [5, 5.41) is 0. The number of alkyl halides is 6. The number of hydrogen-bond acceptors (Lipinski definition) is 5. The quantitative estimate of drug-likeness (QED) is 0.715. The summed E-state index contributed by atoms with van der Waals surface area (Å²) in [5.74, 6) is 0. The molecule has 0 aliphatic carbocycles. The maximum absolute atomic E-state index is 12.9. The third-order valence-electron chi connectivity index (χ3n) is 2.75. The predicted molar refractivity (Wildman–Crippen MR) is 69.4 cm³/mol. The van der Waals surface area contributed by atoms with E-state index in [1.54, 1.807) is 0 Å². The highest BCUT2D eigenvalue weighted by atomic mass is 32.2. The Hall–Kier alpha value is -1.37. The fourth-order valence-electron chi connectivity index (χ4n) is 1.68. The van der Waals surface area contributed by atoms with Crippen LogP contribution in [0.3, 0.4) is 0 Å². The molecule has 0 aliphatic heterocycles. The van der Waals surface area contributed by atoms with Crippen LogP contribution in [0, 0.1) is 0 Å². The van der Waals surface area contributed by atoms with E-state index >= 15 is 0 Å². The summed E-state index contributed by atoms with van der Waals surface area (Å²) in [6, 6.07) is 0.0800. The molecule has 138 valence electrons. The molecule has 1 rings (SSSR count). The van der Waals surface area contributed by atoms with Crippen LogP contribution < -0.4 is 0 Å². The minimum atomic E-state index is -6.41. The van der Waals surface area contributed by atoms with Crippen molar-refractivity contribution < 1.29 is 43.2 Å². The van der Waals surface area contributed by atoms with Gasteiger partial charge in [-0.15, -0.1) is 0 Å². The first kappa shape index (κ1) is 20.7. The zero-order chi connectivity index (χ0) is 19.4. The molecule has 1 heterocycles. The van der Waals surface area contributed by atoms with E-state index in [2.05, 4.69) is 4.98 Å². The van der Waals surface area contributed by atoms with Gasteiger partial charge in [-0.2, -0.15) is 26.3 Å². The van der Waals surface area contributed by atoms with Crippen molar-refractivity contribution in [2.45, 2.75) is 47.0 Å². The monoisotopic (exact) mass is 399 g/mol. The lowest BCUT2D eigenvalue weighted by atomic mass is 9.91. The van der Waals surface area contributed by atoms with Crippen LogP contribution in [0.2, 0.25) is 0 Å². The molecule has 0 unspecified atom stereocenters. The topological polar surface area (TPSA) is 81.2 Å². The molecule has 0 atom stereocenters. The van der Waals surface area contributed by atoms with Gasteiger partial charge in [0.1, 0.15) is 4.90 Å². The van der Waals surface area contributed by atoms with Gasteiger partial charge < -0.3 is 0 Å². The van der Waals surface area contributed by atoms with E-state index in [0.717, 1.165) is 0 Å². The van der Waals surface area contributed by atoms with Crippen molar-refractivity contribution >= 4 is 19.7 Å². The SMILES string of the molecule is CC(C)(C)c1nccc(S(=O)(=O)C(F)(F)F)c1S(=O)(=O)C(F)(F)F. The molecule has 0 N–H and O–H groups in total. The van der Waals surface area contributed by atoms with Gasteiger partial charge in [0.05, 0.1) is 10.6 Å². The lowest BCUT2D eigenvalue weighted by molar-refractivity contribution is -0.0457. The fourth-order valence-corrected chi connectivity index (χ4v) is 4.34. The van der Waals surface area contributed by atoms with Crippen molar-refractivity contribution in [2.75, 3.05) is 0 Å². The van der Waals surface area contributed by atoms with Crippen molar-refractivity contribution in [3.63, 3.8) is 0 Å². The summed E-state index contributed by atoms with van der Waals surface area (Å²) >= 11 is 0. The Morgan fingerprint density at radius 1 is 0.833 bits per heavy atom. The Balaban J connectivity index is 4.13. The average Bonchev–Trinajstić information content (AvgIpc) is 2.34. The maximum atomic E-state index is 12.9. The molecule has 5 nitrogen and oxygen atoms in total. The molecule has 0 spiro atoms. The van der Waals surface area contributed by atoms with Gasteiger partial charge in [-0.25, -0.2) is 16.8 Å². The van der Waals surface area contributed by atoms with Crippen molar-refractivity contribution in [2.24, 2.45) is 0 Å². The zero-order valence-electron chi connectivity index (χ0n) is 12.3. The first-order valence-corrected chi connectivity index (χ1v) is 8.94. The predicted octanol–water partition coefficient (Wildman–Crippen LogP) is 2.97. The lowest BCUT2D eigenvalue weighted by Gasteiger charge is -2.24. The molecule has 13 heteroatoms. The number of halogens is 6. The smallest absolute Gasteiger partial charge is 0.259 e. The van der Waals surface area contributed by atoms with Crippen molar-refractivity contribution in [1.29, 1.82) is 0 Å². The lowest BCUT2D eigenvalue weighted by Crippen LogP contribution is -2.32. The first-order chi connectivity index (χ1) is 10.3. The summed E-state index contributed by atoms with van der Waals surface area (Å²) in [7, 11) is -12.8. The van der Waals surface area contributed by atoms with E-state index in [1.165, 1.54) is 20.8 Å². The second-order valence-electron chi connectivity index (χ2n) is 5.64. The van der Waals surface area contributed by atoms with E-state index in [-0.39, 0.29) is 6.07 Å². The van der Waals surface area contributed by atoms with Gasteiger partial charge in [0.25, 0.3) is 19.7 Å². The average molecular weight is 399 g/mol. The summed E-state index contributed by atoms with van der Waals surface area (Å²) in [6.07, 6.45) is 0.509. The minimum absolute atomic E-state index is 0.0800. The molecule has 0 radical (unpaired) electrons. The van der Waals surface area contributed by atoms with Gasteiger partial charge in [0.2, 0.25) is 0 Å². The number of aromatic nitrogens is 1. The molecule has 0 fully saturated rings. The minimum Gasteiger partial charge on any atom is -0.259 e. The molecule has 0 saturated heterocycles. The van der Waals surface area contributed by atoms with Crippen LogP contribution in [-0.2, 0) is 25.1 Å². The van der Waals surface area contributed by atoms with Gasteiger partial charge in [0, 0.05) is 11.6 Å². The highest BCUT2D eigenvalue weighted by Gasteiger charge is 2.55. The van der Waals surface area contributed by atoms with E-state index in [4.69, 9.17) is 0 Å². The Bertz CT molecular complexity index is 848.